The summed E-state index contributed by atoms with van der Waals surface area (Å²) in [7, 11) is 0. The lowest BCUT2D eigenvalue weighted by Gasteiger charge is -2.18. The number of benzene rings is 2. The van der Waals surface area contributed by atoms with Gasteiger partial charge in [-0.15, -0.1) is 0 Å². The number of aliphatic hydroxyl groups is 2. The molecule has 2 unspecified atom stereocenters. The van der Waals surface area contributed by atoms with Crippen molar-refractivity contribution >= 4 is 0 Å². The normalized spacial score (nSPS) is 14.1. The van der Waals surface area contributed by atoms with Gasteiger partial charge in [0.05, 0.1) is 0 Å². The van der Waals surface area contributed by atoms with Crippen molar-refractivity contribution in [2.24, 2.45) is 0 Å². The van der Waals surface area contributed by atoms with E-state index in [9.17, 15) is 10.2 Å². The van der Waals surface area contributed by atoms with E-state index in [0.29, 0.717) is 11.1 Å². The molecule has 0 aliphatic rings. The summed E-state index contributed by atoms with van der Waals surface area (Å²) in [4.78, 5) is 0. The highest BCUT2D eigenvalue weighted by atomic mass is 16.3. The molecule has 2 rings (SSSR count). The van der Waals surface area contributed by atoms with Crippen molar-refractivity contribution in [3.8, 4) is 11.5 Å². The zero-order valence-corrected chi connectivity index (χ0v) is 9.56. The van der Waals surface area contributed by atoms with Gasteiger partial charge in [-0.05, 0) is 35.4 Å². The molecule has 0 radical (unpaired) electrons. The highest BCUT2D eigenvalue weighted by molar-refractivity contribution is 5.32. The third kappa shape index (κ3) is 2.61. The highest BCUT2D eigenvalue weighted by Gasteiger charge is 2.20. The topological polar surface area (TPSA) is 80.9 Å². The van der Waals surface area contributed by atoms with Crippen LogP contribution in [0.2, 0.25) is 0 Å². The van der Waals surface area contributed by atoms with Gasteiger partial charge in [-0.3, -0.25) is 0 Å². The number of phenols is 2. The van der Waals surface area contributed by atoms with Gasteiger partial charge in [0.2, 0.25) is 0 Å². The Morgan fingerprint density at radius 2 is 0.833 bits per heavy atom. The zero-order valence-electron chi connectivity index (χ0n) is 9.56. The number of phenolic OH excluding ortho intramolecular Hbond substituents is 2. The Hall–Kier alpha value is -2.04. The molecule has 0 saturated carbocycles. The number of rotatable bonds is 3. The molecule has 4 N–H and O–H groups in total. The molecule has 0 aliphatic carbocycles. The van der Waals surface area contributed by atoms with Crippen LogP contribution in [0.3, 0.4) is 0 Å². The number of aliphatic hydroxyl groups excluding tert-OH is 2. The first-order chi connectivity index (χ1) is 8.58. The van der Waals surface area contributed by atoms with E-state index in [-0.39, 0.29) is 11.5 Å². The first-order valence-corrected chi connectivity index (χ1v) is 5.52. The van der Waals surface area contributed by atoms with Crippen LogP contribution in [0.25, 0.3) is 0 Å². The van der Waals surface area contributed by atoms with Gasteiger partial charge in [0, 0.05) is 0 Å². The Bertz CT molecular complexity index is 455. The average molecular weight is 246 g/mol. The van der Waals surface area contributed by atoms with Crippen LogP contribution < -0.4 is 0 Å². The maximum atomic E-state index is 10.0. The molecular weight excluding hydrogens is 232 g/mol. The molecule has 0 aromatic heterocycles. The predicted molar refractivity (Wildman–Crippen MR) is 66.1 cm³/mol. The van der Waals surface area contributed by atoms with Crippen LogP contribution in [0.15, 0.2) is 48.5 Å². The second-order valence-corrected chi connectivity index (χ2v) is 4.07. The average Bonchev–Trinajstić information content (AvgIpc) is 2.39. The summed E-state index contributed by atoms with van der Waals surface area (Å²) in [6.07, 6.45) is -2.18. The fourth-order valence-corrected chi connectivity index (χ4v) is 1.71. The van der Waals surface area contributed by atoms with Crippen molar-refractivity contribution in [2.45, 2.75) is 12.2 Å². The minimum atomic E-state index is -1.09. The Morgan fingerprint density at radius 3 is 1.11 bits per heavy atom. The predicted octanol–water partition coefficient (Wildman–Crippen LogP) is 1.86. The van der Waals surface area contributed by atoms with Crippen LogP contribution in [0, 0.1) is 0 Å². The molecule has 94 valence electrons. The molecular formula is C14H14O4. The Morgan fingerprint density at radius 1 is 0.556 bits per heavy atom. The second kappa shape index (κ2) is 5.08. The minimum absolute atomic E-state index is 0.102. The lowest BCUT2D eigenvalue weighted by molar-refractivity contribution is 0.0172. The first-order valence-electron chi connectivity index (χ1n) is 5.52. The fourth-order valence-electron chi connectivity index (χ4n) is 1.71. The first kappa shape index (κ1) is 12.4. The van der Waals surface area contributed by atoms with E-state index in [1.165, 1.54) is 24.3 Å². The Balaban J connectivity index is 2.20. The second-order valence-electron chi connectivity index (χ2n) is 4.07. The molecule has 0 aliphatic heterocycles. The van der Waals surface area contributed by atoms with Gasteiger partial charge in [0.25, 0.3) is 0 Å². The van der Waals surface area contributed by atoms with E-state index < -0.39 is 12.2 Å². The molecule has 4 nitrogen and oxygen atoms in total. The van der Waals surface area contributed by atoms with E-state index in [0.717, 1.165) is 0 Å². The van der Waals surface area contributed by atoms with E-state index >= 15 is 0 Å². The molecule has 2 atom stereocenters. The van der Waals surface area contributed by atoms with Crippen LogP contribution in [0.5, 0.6) is 11.5 Å². The molecule has 2 aromatic rings. The van der Waals surface area contributed by atoms with E-state index in [2.05, 4.69) is 0 Å². The highest BCUT2D eigenvalue weighted by Crippen LogP contribution is 2.30. The summed E-state index contributed by atoms with van der Waals surface area (Å²) in [6.45, 7) is 0. The van der Waals surface area contributed by atoms with Crippen molar-refractivity contribution in [3.63, 3.8) is 0 Å². The van der Waals surface area contributed by atoms with Gasteiger partial charge in [-0.2, -0.15) is 0 Å². The van der Waals surface area contributed by atoms with Gasteiger partial charge >= 0.3 is 0 Å². The quantitative estimate of drug-likeness (QED) is 0.666. The van der Waals surface area contributed by atoms with Crippen LogP contribution in [-0.4, -0.2) is 20.4 Å². The van der Waals surface area contributed by atoms with Gasteiger partial charge < -0.3 is 20.4 Å². The third-order valence-corrected chi connectivity index (χ3v) is 2.77. The van der Waals surface area contributed by atoms with E-state index in [4.69, 9.17) is 10.2 Å². The van der Waals surface area contributed by atoms with E-state index in [1.54, 1.807) is 24.3 Å². The SMILES string of the molecule is Oc1ccc(C(O)C(O)c2ccc(O)cc2)cc1. The monoisotopic (exact) mass is 246 g/mol. The van der Waals surface area contributed by atoms with Gasteiger partial charge in [-0.25, -0.2) is 0 Å². The summed E-state index contributed by atoms with van der Waals surface area (Å²) in [5.74, 6) is 0.204. The van der Waals surface area contributed by atoms with Crippen LogP contribution in [0.1, 0.15) is 23.3 Å². The number of hydrogen-bond donors (Lipinski definition) is 4. The van der Waals surface area contributed by atoms with Crippen molar-refractivity contribution in [2.75, 3.05) is 0 Å². The van der Waals surface area contributed by atoms with Crippen molar-refractivity contribution in [3.05, 3.63) is 59.7 Å². The maximum Gasteiger partial charge on any atom is 0.115 e. The molecule has 0 amide bonds. The molecule has 0 heterocycles. The summed E-state index contributed by atoms with van der Waals surface area (Å²) in [5, 5.41) is 38.3. The lowest BCUT2D eigenvalue weighted by atomic mass is 9.98. The van der Waals surface area contributed by atoms with E-state index in [1.807, 2.05) is 0 Å². The van der Waals surface area contributed by atoms with Crippen LogP contribution >= 0.6 is 0 Å². The van der Waals surface area contributed by atoms with Crippen molar-refractivity contribution in [1.29, 1.82) is 0 Å². The van der Waals surface area contributed by atoms with Crippen LogP contribution in [-0.2, 0) is 0 Å². The summed E-state index contributed by atoms with van der Waals surface area (Å²) in [5.41, 5.74) is 1.02. The lowest BCUT2D eigenvalue weighted by Crippen LogP contribution is -2.10. The molecule has 2 aromatic carbocycles. The summed E-state index contributed by atoms with van der Waals surface area (Å²) >= 11 is 0. The molecule has 4 heteroatoms. The maximum absolute atomic E-state index is 10.0. The zero-order chi connectivity index (χ0) is 13.1. The van der Waals surface area contributed by atoms with Gasteiger partial charge in [0.15, 0.2) is 0 Å². The van der Waals surface area contributed by atoms with Crippen LogP contribution in [0.4, 0.5) is 0 Å². The molecule has 0 fully saturated rings. The Kier molecular flexibility index (Phi) is 3.50. The molecule has 18 heavy (non-hydrogen) atoms. The smallest absolute Gasteiger partial charge is 0.115 e. The minimum Gasteiger partial charge on any atom is -0.508 e. The van der Waals surface area contributed by atoms with Gasteiger partial charge in [0.1, 0.15) is 23.7 Å². The summed E-state index contributed by atoms with van der Waals surface area (Å²) in [6, 6.07) is 12.0. The third-order valence-electron chi connectivity index (χ3n) is 2.77. The van der Waals surface area contributed by atoms with Gasteiger partial charge in [-0.1, -0.05) is 24.3 Å². The number of aromatic hydroxyl groups is 2. The fraction of sp³-hybridized carbons (Fsp3) is 0.143. The summed E-state index contributed by atoms with van der Waals surface area (Å²) < 4.78 is 0. The Labute approximate surface area is 104 Å². The molecule has 0 saturated heterocycles. The molecule has 0 bridgehead atoms. The standard InChI is InChI=1S/C14H14O4/c15-11-5-1-9(2-6-11)13(17)14(18)10-3-7-12(16)8-4-10/h1-8,13-18H. The largest absolute Gasteiger partial charge is 0.508 e. The van der Waals surface area contributed by atoms with Crippen molar-refractivity contribution in [1.82, 2.24) is 0 Å². The number of hydrogen-bond acceptors (Lipinski definition) is 4. The van der Waals surface area contributed by atoms with Crippen molar-refractivity contribution < 1.29 is 20.4 Å². The molecule has 0 spiro atoms.